The maximum absolute atomic E-state index is 12.1. The number of thioether (sulfide) groups is 1. The number of hydrogen-bond acceptors (Lipinski definition) is 5. The number of amides is 2. The predicted octanol–water partition coefficient (Wildman–Crippen LogP) is 1.96. The van der Waals surface area contributed by atoms with E-state index >= 15 is 0 Å². The van der Waals surface area contributed by atoms with Gasteiger partial charge in [-0.25, -0.2) is 0 Å². The first kappa shape index (κ1) is 18.0. The van der Waals surface area contributed by atoms with Gasteiger partial charge in [0.05, 0.1) is 11.5 Å². The van der Waals surface area contributed by atoms with Gasteiger partial charge in [-0.15, -0.1) is 11.8 Å². The van der Waals surface area contributed by atoms with Gasteiger partial charge in [-0.2, -0.15) is 0 Å². The van der Waals surface area contributed by atoms with Crippen LogP contribution in [0.2, 0.25) is 0 Å². The van der Waals surface area contributed by atoms with Crippen LogP contribution in [0.25, 0.3) is 0 Å². The van der Waals surface area contributed by atoms with Gasteiger partial charge in [0.1, 0.15) is 5.56 Å². The minimum atomic E-state index is -0.647. The number of carbonyl (C=O) groups excluding carboxylic acids is 2. The van der Waals surface area contributed by atoms with Crippen LogP contribution >= 0.6 is 11.8 Å². The second kappa shape index (κ2) is 7.26. The van der Waals surface area contributed by atoms with E-state index in [4.69, 9.17) is 0 Å². The molecule has 0 radical (unpaired) electrons. The highest BCUT2D eigenvalue weighted by molar-refractivity contribution is 7.98. The first-order valence-corrected chi connectivity index (χ1v) is 7.78. The fourth-order valence-corrected chi connectivity index (χ4v) is 2.14. The van der Waals surface area contributed by atoms with E-state index < -0.39 is 16.4 Å². The predicted molar refractivity (Wildman–Crippen MR) is 85.1 cm³/mol. The lowest BCUT2D eigenvalue weighted by molar-refractivity contribution is -0.385. The Morgan fingerprint density at radius 1 is 1.32 bits per heavy atom. The number of benzene rings is 1. The Morgan fingerprint density at radius 2 is 1.95 bits per heavy atom. The minimum absolute atomic E-state index is 0.0552. The molecule has 8 heteroatoms. The van der Waals surface area contributed by atoms with Gasteiger partial charge in [0.25, 0.3) is 11.6 Å². The van der Waals surface area contributed by atoms with Crippen molar-refractivity contribution in [2.24, 2.45) is 0 Å². The lowest BCUT2D eigenvalue weighted by atomic mass is 10.1. The van der Waals surface area contributed by atoms with E-state index in [2.05, 4.69) is 10.6 Å². The van der Waals surface area contributed by atoms with Crippen LogP contribution < -0.4 is 10.6 Å². The number of nitro groups is 1. The van der Waals surface area contributed by atoms with E-state index in [9.17, 15) is 19.7 Å². The van der Waals surface area contributed by atoms with Gasteiger partial charge in [0, 0.05) is 16.5 Å². The number of nitrogens with zero attached hydrogens (tertiary/aromatic N) is 1. The van der Waals surface area contributed by atoms with Crippen molar-refractivity contribution in [2.45, 2.75) is 31.2 Å². The fraction of sp³-hybridized carbons (Fsp3) is 0.429. The molecule has 0 fully saturated rings. The normalized spacial score (nSPS) is 10.9. The standard InChI is InChI=1S/C14H19N3O4S/c1-14(2,3)16-12(18)8-15-13(19)10-7-9(22-4)5-6-11(10)17(20)21/h5-7H,8H2,1-4H3,(H,15,19)(H,16,18). The van der Waals surface area contributed by atoms with Crippen molar-refractivity contribution in [1.82, 2.24) is 10.6 Å². The summed E-state index contributed by atoms with van der Waals surface area (Å²) in [6.45, 7) is 5.22. The lowest BCUT2D eigenvalue weighted by Crippen LogP contribution is -2.45. The van der Waals surface area contributed by atoms with Crippen LogP contribution in [0.1, 0.15) is 31.1 Å². The van der Waals surface area contributed by atoms with Crippen LogP contribution in [0.5, 0.6) is 0 Å². The smallest absolute Gasteiger partial charge is 0.282 e. The fourth-order valence-electron chi connectivity index (χ4n) is 1.70. The van der Waals surface area contributed by atoms with Gasteiger partial charge in [-0.05, 0) is 39.2 Å². The van der Waals surface area contributed by atoms with Crippen molar-refractivity contribution < 1.29 is 14.5 Å². The molecule has 0 atom stereocenters. The first-order valence-electron chi connectivity index (χ1n) is 6.55. The number of hydrogen-bond donors (Lipinski definition) is 2. The summed E-state index contributed by atoms with van der Waals surface area (Å²) in [5.41, 5.74) is -0.751. The van der Waals surface area contributed by atoms with Gasteiger partial charge in [0.2, 0.25) is 5.91 Å². The third kappa shape index (κ3) is 5.36. The molecule has 0 aliphatic carbocycles. The molecule has 1 aromatic rings. The molecular weight excluding hydrogens is 306 g/mol. The second-order valence-corrected chi connectivity index (χ2v) is 6.50. The molecule has 120 valence electrons. The van der Waals surface area contributed by atoms with Crippen molar-refractivity contribution in [2.75, 3.05) is 12.8 Å². The maximum atomic E-state index is 12.1. The van der Waals surface area contributed by atoms with E-state index in [1.807, 2.05) is 20.8 Å². The van der Waals surface area contributed by atoms with E-state index in [-0.39, 0.29) is 23.7 Å². The zero-order chi connectivity index (χ0) is 16.9. The minimum Gasteiger partial charge on any atom is -0.350 e. The van der Waals surface area contributed by atoms with E-state index in [1.54, 1.807) is 12.3 Å². The molecule has 0 spiro atoms. The zero-order valence-corrected chi connectivity index (χ0v) is 13.7. The SMILES string of the molecule is CSc1ccc([N+](=O)[O-])c(C(=O)NCC(=O)NC(C)(C)C)c1. The zero-order valence-electron chi connectivity index (χ0n) is 12.9. The molecule has 0 unspecified atom stereocenters. The Morgan fingerprint density at radius 3 is 2.45 bits per heavy atom. The summed E-state index contributed by atoms with van der Waals surface area (Å²) in [6, 6.07) is 4.31. The quantitative estimate of drug-likeness (QED) is 0.489. The van der Waals surface area contributed by atoms with Gasteiger partial charge >= 0.3 is 0 Å². The summed E-state index contributed by atoms with van der Waals surface area (Å²) < 4.78 is 0. The van der Waals surface area contributed by atoms with Gasteiger partial charge in [-0.3, -0.25) is 19.7 Å². The summed E-state index contributed by atoms with van der Waals surface area (Å²) in [6.07, 6.45) is 1.81. The molecule has 0 saturated heterocycles. The van der Waals surface area contributed by atoms with Crippen LogP contribution in [0.3, 0.4) is 0 Å². The number of rotatable bonds is 5. The van der Waals surface area contributed by atoms with Crippen LogP contribution in [0.4, 0.5) is 5.69 Å². The number of nitrogens with one attached hydrogen (secondary N) is 2. The van der Waals surface area contributed by atoms with Crippen molar-refractivity contribution in [3.63, 3.8) is 0 Å². The van der Waals surface area contributed by atoms with Crippen molar-refractivity contribution in [3.05, 3.63) is 33.9 Å². The highest BCUT2D eigenvalue weighted by Crippen LogP contribution is 2.24. The van der Waals surface area contributed by atoms with E-state index in [0.717, 1.165) is 4.90 Å². The molecule has 0 heterocycles. The largest absolute Gasteiger partial charge is 0.350 e. The molecule has 0 aliphatic rings. The third-order valence-corrected chi connectivity index (χ3v) is 3.29. The number of carbonyl (C=O) groups is 2. The Bertz CT molecular complexity index is 596. The summed E-state index contributed by atoms with van der Waals surface area (Å²) in [7, 11) is 0. The van der Waals surface area contributed by atoms with Crippen LogP contribution in [-0.2, 0) is 4.79 Å². The van der Waals surface area contributed by atoms with E-state index in [0.29, 0.717) is 0 Å². The molecule has 0 aromatic heterocycles. The van der Waals surface area contributed by atoms with Crippen LogP contribution in [0, 0.1) is 10.1 Å². The molecule has 1 rings (SSSR count). The van der Waals surface area contributed by atoms with Crippen molar-refractivity contribution in [3.8, 4) is 0 Å². The Hall–Kier alpha value is -2.09. The highest BCUT2D eigenvalue weighted by atomic mass is 32.2. The Kier molecular flexibility index (Phi) is 5.92. The van der Waals surface area contributed by atoms with Crippen molar-refractivity contribution in [1.29, 1.82) is 0 Å². The van der Waals surface area contributed by atoms with E-state index in [1.165, 1.54) is 23.9 Å². The second-order valence-electron chi connectivity index (χ2n) is 5.62. The maximum Gasteiger partial charge on any atom is 0.282 e. The van der Waals surface area contributed by atoms with Crippen LogP contribution in [-0.4, -0.2) is 35.1 Å². The summed E-state index contributed by atoms with van der Waals surface area (Å²) in [4.78, 5) is 34.9. The van der Waals surface area contributed by atoms with Gasteiger partial charge < -0.3 is 10.6 Å². The third-order valence-electron chi connectivity index (χ3n) is 2.57. The van der Waals surface area contributed by atoms with Gasteiger partial charge in [0.15, 0.2) is 0 Å². The molecule has 1 aromatic carbocycles. The van der Waals surface area contributed by atoms with Crippen molar-refractivity contribution >= 4 is 29.3 Å². The monoisotopic (exact) mass is 325 g/mol. The molecule has 0 bridgehead atoms. The molecule has 2 N–H and O–H groups in total. The highest BCUT2D eigenvalue weighted by Gasteiger charge is 2.21. The molecular formula is C14H19N3O4S. The summed E-state index contributed by atoms with van der Waals surface area (Å²) in [5, 5.41) is 16.1. The molecule has 0 aliphatic heterocycles. The molecule has 2 amide bonds. The molecule has 22 heavy (non-hydrogen) atoms. The average molecular weight is 325 g/mol. The lowest BCUT2D eigenvalue weighted by Gasteiger charge is -2.20. The first-order chi connectivity index (χ1) is 10.1. The Labute approximate surface area is 133 Å². The van der Waals surface area contributed by atoms with Crippen LogP contribution in [0.15, 0.2) is 23.1 Å². The molecule has 7 nitrogen and oxygen atoms in total. The average Bonchev–Trinajstić information content (AvgIpc) is 2.42. The molecule has 0 saturated carbocycles. The number of nitro benzene ring substituents is 1. The topological polar surface area (TPSA) is 101 Å². The van der Waals surface area contributed by atoms with Gasteiger partial charge in [-0.1, -0.05) is 0 Å². The Balaban J connectivity index is 2.84. The summed E-state index contributed by atoms with van der Waals surface area (Å²) in [5.74, 6) is -1.00. The summed E-state index contributed by atoms with van der Waals surface area (Å²) >= 11 is 1.37.